The van der Waals surface area contributed by atoms with Gasteiger partial charge in [0.25, 0.3) is 0 Å². The molecule has 0 spiro atoms. The van der Waals surface area contributed by atoms with Crippen LogP contribution < -0.4 is 10.4 Å². The fourth-order valence-corrected chi connectivity index (χ4v) is 1.96. The van der Waals surface area contributed by atoms with Crippen molar-refractivity contribution in [1.29, 1.82) is 5.26 Å². The average Bonchev–Trinajstić information content (AvgIpc) is 2.39. The summed E-state index contributed by atoms with van der Waals surface area (Å²) in [6.07, 6.45) is 0. The Morgan fingerprint density at radius 3 is 2.53 bits per heavy atom. The first-order valence-corrected chi connectivity index (χ1v) is 5.57. The highest BCUT2D eigenvalue weighted by Gasteiger charge is 2.15. The monoisotopic (exact) mass is 228 g/mol. The minimum absolute atomic E-state index is 0.324. The maximum Gasteiger partial charge on any atom is 0.105 e. The summed E-state index contributed by atoms with van der Waals surface area (Å²) in [5.41, 5.74) is 10.5. The fraction of sp³-hybridized carbons (Fsp3) is 0.417. The SMILES string of the molecule is CN1CCN(c2ccc(N=[N])c(C#N)c2)CC1. The predicted molar refractivity (Wildman–Crippen MR) is 65.1 cm³/mol. The Labute approximate surface area is 101 Å². The smallest absolute Gasteiger partial charge is 0.105 e. The number of rotatable bonds is 2. The molecule has 5 nitrogen and oxygen atoms in total. The molecule has 87 valence electrons. The summed E-state index contributed by atoms with van der Waals surface area (Å²) in [4.78, 5) is 4.52. The second-order valence-corrected chi connectivity index (χ2v) is 4.20. The van der Waals surface area contributed by atoms with Crippen LogP contribution in [0.3, 0.4) is 0 Å². The molecule has 0 saturated carbocycles. The van der Waals surface area contributed by atoms with Gasteiger partial charge in [-0.25, -0.2) is 0 Å². The first kappa shape index (κ1) is 11.6. The van der Waals surface area contributed by atoms with Gasteiger partial charge in [0.2, 0.25) is 0 Å². The van der Waals surface area contributed by atoms with Crippen LogP contribution >= 0.6 is 0 Å². The lowest BCUT2D eigenvalue weighted by atomic mass is 10.1. The Hall–Kier alpha value is -1.93. The van der Waals surface area contributed by atoms with Gasteiger partial charge in [-0.1, -0.05) is 0 Å². The van der Waals surface area contributed by atoms with Crippen molar-refractivity contribution >= 4 is 11.4 Å². The molecule has 2 rings (SSSR count). The van der Waals surface area contributed by atoms with E-state index in [1.54, 1.807) is 12.1 Å². The van der Waals surface area contributed by atoms with Crippen LogP contribution in [0.2, 0.25) is 0 Å². The van der Waals surface area contributed by atoms with Crippen molar-refractivity contribution in [2.45, 2.75) is 0 Å². The summed E-state index contributed by atoms with van der Waals surface area (Å²) < 4.78 is 0. The Morgan fingerprint density at radius 2 is 1.94 bits per heavy atom. The van der Waals surface area contributed by atoms with Crippen LogP contribution in [0.15, 0.2) is 23.3 Å². The van der Waals surface area contributed by atoms with Gasteiger partial charge in [-0.2, -0.15) is 5.26 Å². The molecule has 1 radical (unpaired) electrons. The molecule has 0 aliphatic carbocycles. The summed E-state index contributed by atoms with van der Waals surface area (Å²) in [6, 6.07) is 7.38. The van der Waals surface area contributed by atoms with Gasteiger partial charge in [0, 0.05) is 31.9 Å². The van der Waals surface area contributed by atoms with E-state index >= 15 is 0 Å². The van der Waals surface area contributed by atoms with Crippen molar-refractivity contribution in [1.82, 2.24) is 10.4 Å². The van der Waals surface area contributed by atoms with Crippen molar-refractivity contribution in [3.05, 3.63) is 23.8 Å². The second-order valence-electron chi connectivity index (χ2n) is 4.20. The van der Waals surface area contributed by atoms with Crippen LogP contribution in [0.5, 0.6) is 0 Å². The number of hydrogen-bond donors (Lipinski definition) is 0. The zero-order valence-corrected chi connectivity index (χ0v) is 9.80. The molecule has 17 heavy (non-hydrogen) atoms. The highest BCUT2D eigenvalue weighted by Crippen LogP contribution is 2.25. The molecule has 0 amide bonds. The maximum atomic E-state index is 8.97. The molecule has 5 heteroatoms. The first-order valence-electron chi connectivity index (χ1n) is 5.57. The Morgan fingerprint density at radius 1 is 1.24 bits per heavy atom. The van der Waals surface area contributed by atoms with Crippen LogP contribution in [-0.2, 0) is 0 Å². The number of hydrogen-bond acceptors (Lipinski definition) is 4. The third-order valence-corrected chi connectivity index (χ3v) is 3.08. The number of nitrogens with zero attached hydrogens (tertiary/aromatic N) is 5. The molecule has 1 aromatic rings. The van der Waals surface area contributed by atoms with Crippen LogP contribution in [-0.4, -0.2) is 38.1 Å². The Bertz CT molecular complexity index is 454. The van der Waals surface area contributed by atoms with Gasteiger partial charge in [-0.15, -0.1) is 5.11 Å². The molecule has 1 fully saturated rings. The van der Waals surface area contributed by atoms with Gasteiger partial charge in [0.15, 0.2) is 0 Å². The van der Waals surface area contributed by atoms with E-state index < -0.39 is 0 Å². The highest BCUT2D eigenvalue weighted by molar-refractivity contribution is 5.62. The maximum absolute atomic E-state index is 8.97. The Kier molecular flexibility index (Phi) is 3.35. The molecule has 0 bridgehead atoms. The number of benzene rings is 1. The summed E-state index contributed by atoms with van der Waals surface area (Å²) in [5.74, 6) is 0. The van der Waals surface area contributed by atoms with Crippen molar-refractivity contribution in [3.8, 4) is 6.07 Å². The van der Waals surface area contributed by atoms with E-state index in [0.29, 0.717) is 11.3 Å². The summed E-state index contributed by atoms with van der Waals surface area (Å²) in [7, 11) is 2.10. The minimum atomic E-state index is 0.324. The van der Waals surface area contributed by atoms with E-state index in [-0.39, 0.29) is 0 Å². The van der Waals surface area contributed by atoms with Gasteiger partial charge >= 0.3 is 0 Å². The van der Waals surface area contributed by atoms with E-state index in [1.165, 1.54) is 0 Å². The van der Waals surface area contributed by atoms with Gasteiger partial charge in [0.05, 0.1) is 5.56 Å². The van der Waals surface area contributed by atoms with Crippen molar-refractivity contribution in [2.24, 2.45) is 5.11 Å². The van der Waals surface area contributed by atoms with Gasteiger partial charge < -0.3 is 9.80 Å². The molecular weight excluding hydrogens is 214 g/mol. The van der Waals surface area contributed by atoms with E-state index in [4.69, 9.17) is 10.8 Å². The highest BCUT2D eigenvalue weighted by atomic mass is 15.2. The van der Waals surface area contributed by atoms with Gasteiger partial charge in [0.1, 0.15) is 11.8 Å². The van der Waals surface area contributed by atoms with Crippen LogP contribution in [0.4, 0.5) is 11.4 Å². The Balaban J connectivity index is 2.22. The van der Waals surface area contributed by atoms with Crippen LogP contribution in [0.25, 0.3) is 0 Å². The zero-order valence-electron chi connectivity index (χ0n) is 9.80. The van der Waals surface area contributed by atoms with Crippen molar-refractivity contribution < 1.29 is 0 Å². The largest absolute Gasteiger partial charge is 0.369 e. The van der Waals surface area contributed by atoms with Crippen LogP contribution in [0, 0.1) is 11.3 Å². The molecule has 1 aliphatic heterocycles. The lowest BCUT2D eigenvalue weighted by Crippen LogP contribution is -2.44. The fourth-order valence-electron chi connectivity index (χ4n) is 1.96. The predicted octanol–water partition coefficient (Wildman–Crippen LogP) is 1.19. The molecule has 0 aromatic heterocycles. The molecule has 0 unspecified atom stereocenters. The number of anilines is 1. The quantitative estimate of drug-likeness (QED) is 0.714. The summed E-state index contributed by atoms with van der Waals surface area (Å²) in [5, 5.41) is 12.1. The average molecular weight is 228 g/mol. The molecule has 0 atom stereocenters. The lowest BCUT2D eigenvalue weighted by Gasteiger charge is -2.34. The van der Waals surface area contributed by atoms with E-state index in [2.05, 4.69) is 22.0 Å². The van der Waals surface area contributed by atoms with E-state index in [0.717, 1.165) is 31.9 Å². The standard InChI is InChI=1S/C12H14N5/c1-16-4-6-17(7-5-16)11-2-3-12(15-14)10(8-11)9-13/h2-3,8H,4-7H2,1H3. The topological polar surface area (TPSA) is 64.9 Å². The molecule has 1 aliphatic rings. The number of piperazine rings is 1. The third kappa shape index (κ3) is 2.43. The van der Waals surface area contributed by atoms with Crippen molar-refractivity contribution in [3.63, 3.8) is 0 Å². The van der Waals surface area contributed by atoms with Gasteiger partial charge in [-0.3, -0.25) is 0 Å². The zero-order chi connectivity index (χ0) is 12.3. The van der Waals surface area contributed by atoms with E-state index in [1.807, 2.05) is 12.1 Å². The molecular formula is C12H14N5. The molecule has 1 heterocycles. The summed E-state index contributed by atoms with van der Waals surface area (Å²) >= 11 is 0. The molecule has 0 N–H and O–H groups in total. The van der Waals surface area contributed by atoms with Crippen LogP contribution in [0.1, 0.15) is 5.56 Å². The third-order valence-electron chi connectivity index (χ3n) is 3.08. The van der Waals surface area contributed by atoms with E-state index in [9.17, 15) is 0 Å². The minimum Gasteiger partial charge on any atom is -0.369 e. The second kappa shape index (κ2) is 4.93. The molecule has 1 aromatic carbocycles. The number of likely N-dealkylation sites (N-methyl/N-ethyl adjacent to an activating group) is 1. The number of nitriles is 1. The normalized spacial score (nSPS) is 16.6. The summed E-state index contributed by atoms with van der Waals surface area (Å²) in [6.45, 7) is 3.95. The van der Waals surface area contributed by atoms with Crippen molar-refractivity contribution in [2.75, 3.05) is 38.1 Å². The molecule has 1 saturated heterocycles. The first-order chi connectivity index (χ1) is 8.24. The van der Waals surface area contributed by atoms with Gasteiger partial charge in [-0.05, 0) is 30.8 Å². The lowest BCUT2D eigenvalue weighted by molar-refractivity contribution is 0.313.